The molecule has 2 aromatic rings. The van der Waals surface area contributed by atoms with Gasteiger partial charge in [0.15, 0.2) is 5.82 Å². The Kier molecular flexibility index (Phi) is 3.21. The number of rotatable bonds is 3. The number of nitrogens with one attached hydrogen (secondary N) is 1. The summed E-state index contributed by atoms with van der Waals surface area (Å²) < 4.78 is 5.09. The number of hydrogen-bond acceptors (Lipinski definition) is 5. The van der Waals surface area contributed by atoms with Crippen molar-refractivity contribution in [2.45, 2.75) is 38.8 Å². The summed E-state index contributed by atoms with van der Waals surface area (Å²) in [6.07, 6.45) is 3.29. The molecule has 19 heavy (non-hydrogen) atoms. The minimum atomic E-state index is 0.239. The molecule has 0 saturated carbocycles. The normalized spacial score (nSPS) is 18.3. The van der Waals surface area contributed by atoms with E-state index >= 15 is 0 Å². The van der Waals surface area contributed by atoms with Crippen LogP contribution in [0.5, 0.6) is 5.75 Å². The molecule has 1 aromatic carbocycles. The summed E-state index contributed by atoms with van der Waals surface area (Å²) in [5.41, 5.74) is 2.49. The lowest BCUT2D eigenvalue weighted by molar-refractivity contribution is 0.347. The molecule has 1 aliphatic rings. The van der Waals surface area contributed by atoms with E-state index in [1.54, 1.807) is 13.0 Å². The van der Waals surface area contributed by atoms with E-state index in [0.29, 0.717) is 24.0 Å². The van der Waals surface area contributed by atoms with Crippen LogP contribution in [0.25, 0.3) is 0 Å². The lowest BCUT2D eigenvalue weighted by Crippen LogP contribution is -2.25. The van der Waals surface area contributed by atoms with Gasteiger partial charge in [-0.15, -0.1) is 0 Å². The van der Waals surface area contributed by atoms with Gasteiger partial charge in [-0.2, -0.15) is 4.98 Å². The smallest absolute Gasteiger partial charge is 0.240 e. The van der Waals surface area contributed by atoms with E-state index in [4.69, 9.17) is 4.52 Å². The van der Waals surface area contributed by atoms with Gasteiger partial charge in [-0.1, -0.05) is 11.2 Å². The molecule has 1 aliphatic carbocycles. The van der Waals surface area contributed by atoms with Crippen molar-refractivity contribution in [3.05, 3.63) is 41.0 Å². The van der Waals surface area contributed by atoms with Crippen molar-refractivity contribution in [3.8, 4) is 5.75 Å². The molecule has 1 heterocycles. The molecule has 0 radical (unpaired) electrons. The molecule has 0 bridgehead atoms. The SMILES string of the molecule is Cc1noc(CNC2CCCc3ccc(O)cc32)n1. The van der Waals surface area contributed by atoms with Crippen LogP contribution in [0.2, 0.25) is 0 Å². The molecule has 1 aromatic heterocycles. The number of phenols is 1. The zero-order valence-corrected chi connectivity index (χ0v) is 10.9. The topological polar surface area (TPSA) is 71.2 Å². The molecule has 0 saturated heterocycles. The molecule has 5 heteroatoms. The van der Waals surface area contributed by atoms with Gasteiger partial charge in [0, 0.05) is 6.04 Å². The van der Waals surface area contributed by atoms with Crippen molar-refractivity contribution in [3.63, 3.8) is 0 Å². The fourth-order valence-corrected chi connectivity index (χ4v) is 2.62. The summed E-state index contributed by atoms with van der Waals surface area (Å²) in [4.78, 5) is 4.18. The molecule has 0 amide bonds. The fraction of sp³-hybridized carbons (Fsp3) is 0.429. The predicted molar refractivity (Wildman–Crippen MR) is 69.7 cm³/mol. The monoisotopic (exact) mass is 259 g/mol. The molecular weight excluding hydrogens is 242 g/mol. The lowest BCUT2D eigenvalue weighted by atomic mass is 9.87. The number of benzene rings is 1. The van der Waals surface area contributed by atoms with E-state index in [2.05, 4.69) is 15.5 Å². The van der Waals surface area contributed by atoms with Crippen LogP contribution in [0.3, 0.4) is 0 Å². The molecule has 1 atom stereocenters. The number of nitrogens with zero attached hydrogens (tertiary/aromatic N) is 2. The standard InChI is InChI=1S/C14H17N3O2/c1-9-16-14(19-17-9)8-15-13-4-2-3-10-5-6-11(18)7-12(10)13/h5-7,13,15,18H,2-4,8H2,1H3. The van der Waals surface area contributed by atoms with Gasteiger partial charge in [0.2, 0.25) is 5.89 Å². The van der Waals surface area contributed by atoms with Gasteiger partial charge >= 0.3 is 0 Å². The highest BCUT2D eigenvalue weighted by Gasteiger charge is 2.20. The van der Waals surface area contributed by atoms with Crippen LogP contribution in [-0.4, -0.2) is 15.2 Å². The number of fused-ring (bicyclic) bond motifs is 1. The first-order valence-electron chi connectivity index (χ1n) is 6.57. The van der Waals surface area contributed by atoms with Crippen LogP contribution in [0.4, 0.5) is 0 Å². The maximum Gasteiger partial charge on any atom is 0.240 e. The second kappa shape index (κ2) is 5.01. The van der Waals surface area contributed by atoms with Crippen LogP contribution in [0, 0.1) is 6.92 Å². The van der Waals surface area contributed by atoms with E-state index in [1.807, 2.05) is 12.1 Å². The van der Waals surface area contributed by atoms with E-state index < -0.39 is 0 Å². The zero-order valence-electron chi connectivity index (χ0n) is 10.9. The van der Waals surface area contributed by atoms with Gasteiger partial charge in [0.25, 0.3) is 0 Å². The summed E-state index contributed by atoms with van der Waals surface area (Å²) in [5.74, 6) is 1.57. The lowest BCUT2D eigenvalue weighted by Gasteiger charge is -2.26. The van der Waals surface area contributed by atoms with Gasteiger partial charge in [-0.05, 0) is 49.4 Å². The number of aromatic nitrogens is 2. The van der Waals surface area contributed by atoms with E-state index in [9.17, 15) is 5.11 Å². The number of phenolic OH excluding ortho intramolecular Hbond substituents is 1. The Morgan fingerprint density at radius 3 is 3.16 bits per heavy atom. The molecule has 3 rings (SSSR count). The highest BCUT2D eigenvalue weighted by atomic mass is 16.5. The summed E-state index contributed by atoms with van der Waals surface area (Å²) in [6, 6.07) is 5.85. The van der Waals surface area contributed by atoms with Crippen LogP contribution in [0.1, 0.15) is 41.7 Å². The number of aromatic hydroxyl groups is 1. The minimum Gasteiger partial charge on any atom is -0.508 e. The maximum absolute atomic E-state index is 9.63. The molecule has 1 unspecified atom stereocenters. The van der Waals surface area contributed by atoms with Crippen LogP contribution >= 0.6 is 0 Å². The molecule has 100 valence electrons. The van der Waals surface area contributed by atoms with Crippen molar-refractivity contribution in [1.29, 1.82) is 0 Å². The molecule has 0 spiro atoms. The Bertz CT molecular complexity index is 580. The second-order valence-electron chi connectivity index (χ2n) is 4.94. The van der Waals surface area contributed by atoms with Crippen molar-refractivity contribution in [2.75, 3.05) is 0 Å². The van der Waals surface area contributed by atoms with Crippen LogP contribution in [-0.2, 0) is 13.0 Å². The molecule has 0 fully saturated rings. The highest BCUT2D eigenvalue weighted by Crippen LogP contribution is 2.32. The largest absolute Gasteiger partial charge is 0.508 e. The van der Waals surface area contributed by atoms with Gasteiger partial charge in [-0.3, -0.25) is 0 Å². The molecule has 0 aliphatic heterocycles. The Labute approximate surface area is 111 Å². The van der Waals surface area contributed by atoms with Crippen molar-refractivity contribution >= 4 is 0 Å². The third-order valence-corrected chi connectivity index (χ3v) is 3.51. The molecule has 2 N–H and O–H groups in total. The quantitative estimate of drug-likeness (QED) is 0.884. The first-order chi connectivity index (χ1) is 9.22. The minimum absolute atomic E-state index is 0.239. The highest BCUT2D eigenvalue weighted by molar-refractivity contribution is 5.38. The van der Waals surface area contributed by atoms with Crippen molar-refractivity contribution in [2.24, 2.45) is 0 Å². The summed E-state index contributed by atoms with van der Waals surface area (Å²) in [6.45, 7) is 2.36. The van der Waals surface area contributed by atoms with Gasteiger partial charge in [-0.25, -0.2) is 0 Å². The number of aryl methyl sites for hydroxylation is 2. The van der Waals surface area contributed by atoms with Crippen molar-refractivity contribution in [1.82, 2.24) is 15.5 Å². The summed E-state index contributed by atoms with van der Waals surface area (Å²) in [7, 11) is 0. The third-order valence-electron chi connectivity index (χ3n) is 3.51. The average molecular weight is 259 g/mol. The Morgan fingerprint density at radius 1 is 1.47 bits per heavy atom. The maximum atomic E-state index is 9.63. The van der Waals surface area contributed by atoms with Crippen molar-refractivity contribution < 1.29 is 9.63 Å². The zero-order chi connectivity index (χ0) is 13.2. The predicted octanol–water partition coefficient (Wildman–Crippen LogP) is 2.25. The van der Waals surface area contributed by atoms with Crippen LogP contribution < -0.4 is 5.32 Å². The first kappa shape index (κ1) is 12.2. The Morgan fingerprint density at radius 2 is 2.37 bits per heavy atom. The Balaban J connectivity index is 1.74. The van der Waals surface area contributed by atoms with Crippen LogP contribution in [0.15, 0.2) is 22.7 Å². The van der Waals surface area contributed by atoms with Gasteiger partial charge in [0.1, 0.15) is 5.75 Å². The van der Waals surface area contributed by atoms with Gasteiger partial charge in [0.05, 0.1) is 6.54 Å². The molecular formula is C14H17N3O2. The summed E-state index contributed by atoms with van der Waals surface area (Å²) >= 11 is 0. The van der Waals surface area contributed by atoms with Gasteiger partial charge < -0.3 is 14.9 Å². The third kappa shape index (κ3) is 2.61. The first-order valence-corrected chi connectivity index (χ1v) is 6.57. The molecule has 5 nitrogen and oxygen atoms in total. The number of hydrogen-bond donors (Lipinski definition) is 2. The van der Waals surface area contributed by atoms with E-state index in [-0.39, 0.29) is 6.04 Å². The average Bonchev–Trinajstić information content (AvgIpc) is 2.82. The van der Waals surface area contributed by atoms with E-state index in [1.165, 1.54) is 11.1 Å². The second-order valence-corrected chi connectivity index (χ2v) is 4.94. The van der Waals surface area contributed by atoms with E-state index in [0.717, 1.165) is 19.3 Å². The summed E-state index contributed by atoms with van der Waals surface area (Å²) in [5, 5.41) is 16.8. The Hall–Kier alpha value is -1.88. The fourth-order valence-electron chi connectivity index (χ4n) is 2.62.